The molecule has 0 spiro atoms. The van der Waals surface area contributed by atoms with Crippen LogP contribution < -0.4 is 5.32 Å². The van der Waals surface area contributed by atoms with E-state index in [9.17, 15) is 0 Å². The van der Waals surface area contributed by atoms with Crippen molar-refractivity contribution in [1.29, 1.82) is 0 Å². The van der Waals surface area contributed by atoms with Gasteiger partial charge in [-0.25, -0.2) is 9.97 Å². The molecule has 1 heterocycles. The molecule has 0 aromatic carbocycles. The summed E-state index contributed by atoms with van der Waals surface area (Å²) in [6.07, 6.45) is 9.56. The van der Waals surface area contributed by atoms with Gasteiger partial charge in [0, 0.05) is 6.04 Å². The molecule has 1 N–H and O–H groups in total. The van der Waals surface area contributed by atoms with Crippen molar-refractivity contribution in [3.05, 3.63) is 17.5 Å². The maximum absolute atomic E-state index is 5.96. The second kappa shape index (κ2) is 4.60. The Bertz CT molecular complexity index is 297. The average Bonchev–Trinajstić information content (AvgIpc) is 2.23. The van der Waals surface area contributed by atoms with Gasteiger partial charge in [0.15, 0.2) is 0 Å². The first kappa shape index (κ1) is 9.71. The summed E-state index contributed by atoms with van der Waals surface area (Å²) >= 11 is 5.96. The third kappa shape index (κ3) is 2.35. The first-order valence-corrected chi connectivity index (χ1v) is 5.46. The molecule has 1 aliphatic rings. The molecule has 14 heavy (non-hydrogen) atoms. The van der Waals surface area contributed by atoms with Gasteiger partial charge in [0.05, 0.1) is 6.20 Å². The molecule has 1 aromatic heterocycles. The SMILES string of the molecule is Clc1cncnc1NC1CCCCC1. The van der Waals surface area contributed by atoms with E-state index in [1.54, 1.807) is 6.20 Å². The molecule has 1 aliphatic carbocycles. The molecular weight excluding hydrogens is 198 g/mol. The van der Waals surface area contributed by atoms with Crippen molar-refractivity contribution in [3.8, 4) is 0 Å². The van der Waals surface area contributed by atoms with Gasteiger partial charge in [0.1, 0.15) is 17.2 Å². The van der Waals surface area contributed by atoms with E-state index in [0.29, 0.717) is 11.1 Å². The van der Waals surface area contributed by atoms with E-state index in [0.717, 1.165) is 5.82 Å². The number of rotatable bonds is 2. The lowest BCUT2D eigenvalue weighted by Crippen LogP contribution is -2.22. The number of nitrogens with zero attached hydrogens (tertiary/aromatic N) is 2. The summed E-state index contributed by atoms with van der Waals surface area (Å²) in [7, 11) is 0. The fourth-order valence-electron chi connectivity index (χ4n) is 1.86. The minimum Gasteiger partial charge on any atom is -0.366 e. The minimum absolute atomic E-state index is 0.538. The maximum Gasteiger partial charge on any atom is 0.148 e. The first-order valence-electron chi connectivity index (χ1n) is 5.08. The number of aromatic nitrogens is 2. The summed E-state index contributed by atoms with van der Waals surface area (Å²) in [4.78, 5) is 7.97. The third-order valence-electron chi connectivity index (χ3n) is 2.61. The van der Waals surface area contributed by atoms with Crippen LogP contribution in [0.15, 0.2) is 12.5 Å². The van der Waals surface area contributed by atoms with Crippen molar-refractivity contribution in [2.75, 3.05) is 5.32 Å². The lowest BCUT2D eigenvalue weighted by molar-refractivity contribution is 0.462. The van der Waals surface area contributed by atoms with E-state index < -0.39 is 0 Å². The normalized spacial score (nSPS) is 18.1. The van der Waals surface area contributed by atoms with Crippen molar-refractivity contribution < 1.29 is 0 Å². The quantitative estimate of drug-likeness (QED) is 0.818. The Morgan fingerprint density at radius 2 is 2.07 bits per heavy atom. The molecule has 0 radical (unpaired) electrons. The van der Waals surface area contributed by atoms with Gasteiger partial charge in [-0.05, 0) is 12.8 Å². The van der Waals surface area contributed by atoms with E-state index >= 15 is 0 Å². The van der Waals surface area contributed by atoms with Gasteiger partial charge in [-0.1, -0.05) is 30.9 Å². The second-order valence-corrected chi connectivity index (χ2v) is 4.11. The van der Waals surface area contributed by atoms with Crippen LogP contribution in [0, 0.1) is 0 Å². The van der Waals surface area contributed by atoms with E-state index in [1.165, 1.54) is 38.4 Å². The molecule has 0 bridgehead atoms. The molecule has 1 fully saturated rings. The Balaban J connectivity index is 1.99. The molecule has 1 saturated carbocycles. The highest BCUT2D eigenvalue weighted by Gasteiger charge is 2.14. The summed E-state index contributed by atoms with van der Waals surface area (Å²) in [6, 6.07) is 0.538. The van der Waals surface area contributed by atoms with Gasteiger partial charge < -0.3 is 5.32 Å². The van der Waals surface area contributed by atoms with E-state index in [1.807, 2.05) is 0 Å². The van der Waals surface area contributed by atoms with Crippen LogP contribution in [-0.4, -0.2) is 16.0 Å². The molecule has 1 aromatic rings. The summed E-state index contributed by atoms with van der Waals surface area (Å²) < 4.78 is 0. The standard InChI is InChI=1S/C10H14ClN3/c11-9-6-12-7-13-10(9)14-8-4-2-1-3-5-8/h6-8H,1-5H2,(H,12,13,14). The van der Waals surface area contributed by atoms with Gasteiger partial charge in [-0.3, -0.25) is 0 Å². The zero-order valence-corrected chi connectivity index (χ0v) is 8.80. The Labute approximate surface area is 88.9 Å². The molecule has 0 atom stereocenters. The van der Waals surface area contributed by atoms with E-state index in [2.05, 4.69) is 15.3 Å². The van der Waals surface area contributed by atoms with Gasteiger partial charge in [-0.2, -0.15) is 0 Å². The summed E-state index contributed by atoms with van der Waals surface area (Å²) in [5.41, 5.74) is 0. The van der Waals surface area contributed by atoms with Gasteiger partial charge in [0.25, 0.3) is 0 Å². The molecule has 0 aliphatic heterocycles. The minimum atomic E-state index is 0.538. The molecule has 4 heteroatoms. The molecule has 0 unspecified atom stereocenters. The molecule has 76 valence electrons. The van der Waals surface area contributed by atoms with E-state index in [4.69, 9.17) is 11.6 Å². The molecule has 0 amide bonds. The van der Waals surface area contributed by atoms with Crippen LogP contribution in [0.2, 0.25) is 5.02 Å². The van der Waals surface area contributed by atoms with Crippen LogP contribution in [0.4, 0.5) is 5.82 Å². The van der Waals surface area contributed by atoms with Crippen molar-refractivity contribution in [1.82, 2.24) is 9.97 Å². The maximum atomic E-state index is 5.96. The van der Waals surface area contributed by atoms with Crippen molar-refractivity contribution >= 4 is 17.4 Å². The summed E-state index contributed by atoms with van der Waals surface area (Å²) in [5.74, 6) is 0.772. The van der Waals surface area contributed by atoms with Crippen LogP contribution in [0.25, 0.3) is 0 Å². The van der Waals surface area contributed by atoms with Gasteiger partial charge in [-0.15, -0.1) is 0 Å². The second-order valence-electron chi connectivity index (χ2n) is 3.70. The third-order valence-corrected chi connectivity index (χ3v) is 2.89. The predicted octanol–water partition coefficient (Wildman–Crippen LogP) is 2.87. The monoisotopic (exact) mass is 211 g/mol. The van der Waals surface area contributed by atoms with Crippen molar-refractivity contribution in [3.63, 3.8) is 0 Å². The van der Waals surface area contributed by atoms with Crippen LogP contribution >= 0.6 is 11.6 Å². The van der Waals surface area contributed by atoms with Crippen LogP contribution in [0.1, 0.15) is 32.1 Å². The van der Waals surface area contributed by atoms with E-state index in [-0.39, 0.29) is 0 Å². The Hall–Kier alpha value is -0.830. The fourth-order valence-corrected chi connectivity index (χ4v) is 2.02. The molecule has 3 nitrogen and oxygen atoms in total. The number of nitrogens with one attached hydrogen (secondary N) is 1. The molecule has 0 saturated heterocycles. The largest absolute Gasteiger partial charge is 0.366 e. The zero-order valence-electron chi connectivity index (χ0n) is 8.04. The Kier molecular flexibility index (Phi) is 3.19. The average molecular weight is 212 g/mol. The van der Waals surface area contributed by atoms with Gasteiger partial charge in [0.2, 0.25) is 0 Å². The highest BCUT2D eigenvalue weighted by molar-refractivity contribution is 6.32. The lowest BCUT2D eigenvalue weighted by Gasteiger charge is -2.23. The predicted molar refractivity (Wildman–Crippen MR) is 57.5 cm³/mol. The number of hydrogen-bond donors (Lipinski definition) is 1. The van der Waals surface area contributed by atoms with Crippen LogP contribution in [-0.2, 0) is 0 Å². The number of anilines is 1. The van der Waals surface area contributed by atoms with Gasteiger partial charge >= 0.3 is 0 Å². The zero-order chi connectivity index (χ0) is 9.80. The fraction of sp³-hybridized carbons (Fsp3) is 0.600. The number of hydrogen-bond acceptors (Lipinski definition) is 3. The number of halogens is 1. The van der Waals surface area contributed by atoms with Crippen LogP contribution in [0.3, 0.4) is 0 Å². The first-order chi connectivity index (χ1) is 6.86. The van der Waals surface area contributed by atoms with Crippen LogP contribution in [0.5, 0.6) is 0 Å². The van der Waals surface area contributed by atoms with Crippen molar-refractivity contribution in [2.45, 2.75) is 38.1 Å². The highest BCUT2D eigenvalue weighted by Crippen LogP contribution is 2.23. The summed E-state index contributed by atoms with van der Waals surface area (Å²) in [5, 5.41) is 3.98. The molecular formula is C10H14ClN3. The Morgan fingerprint density at radius 3 is 2.79 bits per heavy atom. The molecule has 2 rings (SSSR count). The van der Waals surface area contributed by atoms with Crippen molar-refractivity contribution in [2.24, 2.45) is 0 Å². The summed E-state index contributed by atoms with van der Waals surface area (Å²) in [6.45, 7) is 0. The topological polar surface area (TPSA) is 37.8 Å². The highest BCUT2D eigenvalue weighted by atomic mass is 35.5. The Morgan fingerprint density at radius 1 is 1.29 bits per heavy atom. The lowest BCUT2D eigenvalue weighted by atomic mass is 9.95. The smallest absolute Gasteiger partial charge is 0.148 e.